The van der Waals surface area contributed by atoms with Gasteiger partial charge in [-0.1, -0.05) is 50.1 Å². The number of rotatable bonds is 8. The topological polar surface area (TPSA) is 90.0 Å². The zero-order valence-corrected chi connectivity index (χ0v) is 32.1. The van der Waals surface area contributed by atoms with E-state index in [1.807, 2.05) is 37.5 Å². The Kier molecular flexibility index (Phi) is 12.5. The molecule has 274 valence electrons. The third-order valence-corrected chi connectivity index (χ3v) is 13.0. The number of allylic oxidation sites excluding steroid dienone is 2. The molecule has 2 aliphatic heterocycles. The number of hydrogen-bond acceptors (Lipinski definition) is 7. The van der Waals surface area contributed by atoms with E-state index in [0.717, 1.165) is 79.2 Å². The molecule has 1 fully saturated rings. The number of unbranched alkanes of at least 4 members (excludes halogenated alkanes) is 1. The van der Waals surface area contributed by atoms with Crippen LogP contribution in [-0.2, 0) is 26.9 Å². The second-order valence-corrected chi connectivity index (χ2v) is 16.5. The Labute approximate surface area is 310 Å². The van der Waals surface area contributed by atoms with E-state index in [2.05, 4.69) is 58.8 Å². The van der Waals surface area contributed by atoms with Crippen molar-refractivity contribution in [2.75, 3.05) is 38.8 Å². The summed E-state index contributed by atoms with van der Waals surface area (Å²) in [5, 5.41) is 0.514. The molecule has 0 radical (unpaired) electrons. The summed E-state index contributed by atoms with van der Waals surface area (Å²) in [4.78, 5) is 20.6. The Morgan fingerprint density at radius 1 is 1.08 bits per heavy atom. The Morgan fingerprint density at radius 2 is 1.90 bits per heavy atom. The summed E-state index contributed by atoms with van der Waals surface area (Å²) in [6.45, 7) is 8.32. The monoisotopic (exact) mass is 733 g/mol. The van der Waals surface area contributed by atoms with E-state index in [0.29, 0.717) is 24.0 Å². The molecule has 7 unspecified atom stereocenters. The Hall–Kier alpha value is -3.24. The lowest BCUT2D eigenvalue weighted by molar-refractivity contribution is -0.106. The molecule has 1 saturated carbocycles. The van der Waals surface area contributed by atoms with Crippen LogP contribution in [0.25, 0.3) is 0 Å². The number of carbonyl (C=O) groups excluding carboxylic acids is 1. The molecule has 1 amide bonds. The third-order valence-electron chi connectivity index (χ3n) is 11.2. The molecule has 8 nitrogen and oxygen atoms in total. The maximum absolute atomic E-state index is 13.5. The minimum absolute atomic E-state index is 0.0897. The first-order chi connectivity index (χ1) is 24.7. The number of aromatic nitrogens is 1. The number of amides is 1. The van der Waals surface area contributed by atoms with Crippen molar-refractivity contribution < 1.29 is 23.2 Å². The molecule has 2 bridgehead atoms. The average molecular weight is 734 g/mol. The molecule has 3 aliphatic rings. The normalized spacial score (nSPS) is 27.5. The molecule has 10 heteroatoms. The number of nitrogens with one attached hydrogen (secondary N) is 1. The van der Waals surface area contributed by atoms with Gasteiger partial charge in [-0.2, -0.15) is 0 Å². The summed E-state index contributed by atoms with van der Waals surface area (Å²) < 4.78 is 34.0. The Bertz CT molecular complexity index is 1730. The van der Waals surface area contributed by atoms with Crippen molar-refractivity contribution in [2.45, 2.75) is 82.7 Å². The predicted octanol–water partition coefficient (Wildman–Crippen LogP) is 8.54. The fourth-order valence-electron chi connectivity index (χ4n) is 7.87. The number of anilines is 1. The first kappa shape index (κ1) is 37.5. The van der Waals surface area contributed by atoms with Crippen LogP contribution in [0.3, 0.4) is 0 Å². The van der Waals surface area contributed by atoms with Gasteiger partial charge in [0.25, 0.3) is 5.91 Å². The minimum Gasteiger partial charge on any atom is -0.491 e. The van der Waals surface area contributed by atoms with E-state index >= 15 is 0 Å². The summed E-state index contributed by atoms with van der Waals surface area (Å²) in [7, 11) is 1.73. The number of aryl methyl sites for hydroxylation is 1. The summed E-state index contributed by atoms with van der Waals surface area (Å²) in [5.74, 6) is 1.53. The molecular formula is C41H52ClN3O5S. The Morgan fingerprint density at radius 3 is 2.65 bits per heavy atom. The SMILES string of the molecule is CCCCc1cc(Cl)ccc1C1COc2ccc3cc2N(C1)CC1CCC1C(c1cncc(C(OC)OC)c1)/C=C/CC(C)C(C)S(=O)NC3=O. The molecule has 6 rings (SSSR count). The van der Waals surface area contributed by atoms with Gasteiger partial charge in [-0.3, -0.25) is 14.5 Å². The highest BCUT2D eigenvalue weighted by Crippen LogP contribution is 2.47. The molecule has 1 aromatic heterocycles. The van der Waals surface area contributed by atoms with Crippen molar-refractivity contribution in [2.24, 2.45) is 17.8 Å². The summed E-state index contributed by atoms with van der Waals surface area (Å²) in [5.41, 5.74) is 5.94. The molecule has 1 N–H and O–H groups in total. The van der Waals surface area contributed by atoms with Gasteiger partial charge in [-0.05, 0) is 110 Å². The number of pyridine rings is 1. The van der Waals surface area contributed by atoms with Crippen LogP contribution < -0.4 is 14.4 Å². The highest BCUT2D eigenvalue weighted by Gasteiger charge is 2.39. The minimum atomic E-state index is -1.55. The number of carbonyl (C=O) groups is 1. The first-order valence-electron chi connectivity index (χ1n) is 18.4. The fraction of sp³-hybridized carbons (Fsp3) is 0.512. The predicted molar refractivity (Wildman–Crippen MR) is 205 cm³/mol. The molecule has 3 heterocycles. The van der Waals surface area contributed by atoms with Crippen LogP contribution in [-0.4, -0.2) is 54.3 Å². The van der Waals surface area contributed by atoms with E-state index in [-0.39, 0.29) is 28.9 Å². The number of hydrogen-bond donors (Lipinski definition) is 1. The van der Waals surface area contributed by atoms with Crippen LogP contribution in [0, 0.1) is 17.8 Å². The first-order valence-corrected chi connectivity index (χ1v) is 20.0. The standard InChI is InChI=1S/C41H52ClN3O5S/c1-6-7-10-28-19-34(42)14-16-35(28)33-24-45-23-30-12-15-37(30)36(31-18-32(22-43-21-31)41(48-4)49-5)11-8-9-26(2)27(3)51(47)44-40(46)29-13-17-39(50-25-33)38(45)20-29/h8,11,13-14,16-22,26-27,30,33,36-37,41H,6-7,9-10,12,15,23-25H2,1-5H3,(H,44,46)/b11-8+. The van der Waals surface area contributed by atoms with Gasteiger partial charge in [-0.15, -0.1) is 0 Å². The summed E-state index contributed by atoms with van der Waals surface area (Å²) >= 11 is 6.52. The van der Waals surface area contributed by atoms with Crippen molar-refractivity contribution in [3.8, 4) is 5.75 Å². The second-order valence-electron chi connectivity index (χ2n) is 14.5. The lowest BCUT2D eigenvalue weighted by Gasteiger charge is -2.44. The smallest absolute Gasteiger partial charge is 0.263 e. The van der Waals surface area contributed by atoms with E-state index in [4.69, 9.17) is 25.8 Å². The number of nitrogens with zero attached hydrogens (tertiary/aromatic N) is 2. The molecule has 0 saturated heterocycles. The molecular weight excluding hydrogens is 682 g/mol. The highest BCUT2D eigenvalue weighted by molar-refractivity contribution is 7.84. The molecule has 51 heavy (non-hydrogen) atoms. The van der Waals surface area contributed by atoms with Crippen LogP contribution >= 0.6 is 11.6 Å². The van der Waals surface area contributed by atoms with Gasteiger partial charge in [0.1, 0.15) is 16.7 Å². The van der Waals surface area contributed by atoms with Gasteiger partial charge in [0.15, 0.2) is 6.29 Å². The van der Waals surface area contributed by atoms with Crippen molar-refractivity contribution >= 4 is 34.2 Å². The van der Waals surface area contributed by atoms with Gasteiger partial charge < -0.3 is 19.1 Å². The quantitative estimate of drug-likeness (QED) is 0.183. The van der Waals surface area contributed by atoms with E-state index < -0.39 is 17.3 Å². The van der Waals surface area contributed by atoms with Gasteiger partial charge in [0.2, 0.25) is 0 Å². The molecule has 1 aliphatic carbocycles. The van der Waals surface area contributed by atoms with Gasteiger partial charge in [-0.25, -0.2) is 4.21 Å². The van der Waals surface area contributed by atoms with E-state index in [1.165, 1.54) is 11.1 Å². The fourth-order valence-corrected chi connectivity index (χ4v) is 9.09. The van der Waals surface area contributed by atoms with Crippen molar-refractivity contribution in [1.29, 1.82) is 0 Å². The summed E-state index contributed by atoms with van der Waals surface area (Å²) in [6.07, 6.45) is 14.0. The summed E-state index contributed by atoms with van der Waals surface area (Å²) in [6, 6.07) is 14.1. The molecule has 3 aromatic rings. The largest absolute Gasteiger partial charge is 0.491 e. The van der Waals surface area contributed by atoms with Crippen LogP contribution in [0.4, 0.5) is 5.69 Å². The van der Waals surface area contributed by atoms with Crippen molar-refractivity contribution in [1.82, 2.24) is 9.71 Å². The number of benzene rings is 2. The van der Waals surface area contributed by atoms with Gasteiger partial charge in [0.05, 0.1) is 17.5 Å². The highest BCUT2D eigenvalue weighted by atomic mass is 35.5. The lowest BCUT2D eigenvalue weighted by atomic mass is 9.65. The molecule has 7 atom stereocenters. The third kappa shape index (κ3) is 8.54. The average Bonchev–Trinajstić information content (AvgIpc) is 3.30. The van der Waals surface area contributed by atoms with Crippen LogP contribution in [0.15, 0.2) is 67.0 Å². The van der Waals surface area contributed by atoms with Crippen LogP contribution in [0.1, 0.15) is 104 Å². The van der Waals surface area contributed by atoms with Gasteiger partial charge in [0, 0.05) is 67.7 Å². The number of halogens is 1. The van der Waals surface area contributed by atoms with Crippen LogP contribution in [0.2, 0.25) is 5.02 Å². The van der Waals surface area contributed by atoms with Crippen molar-refractivity contribution in [3.05, 3.63) is 99.9 Å². The van der Waals surface area contributed by atoms with Crippen molar-refractivity contribution in [3.63, 3.8) is 0 Å². The Balaban J connectivity index is 1.40. The maximum atomic E-state index is 13.5. The molecule has 2 aromatic carbocycles. The second kappa shape index (κ2) is 17.1. The number of ether oxygens (including phenoxy) is 3. The maximum Gasteiger partial charge on any atom is 0.263 e. The van der Waals surface area contributed by atoms with Gasteiger partial charge >= 0.3 is 0 Å². The van der Waals surface area contributed by atoms with E-state index in [1.54, 1.807) is 20.3 Å². The lowest BCUT2D eigenvalue weighted by Crippen LogP contribution is -2.42. The zero-order valence-electron chi connectivity index (χ0n) is 30.5. The molecule has 0 spiro atoms. The van der Waals surface area contributed by atoms with E-state index in [9.17, 15) is 9.00 Å². The number of methoxy groups -OCH3 is 2. The number of fused-ring (bicyclic) bond motifs is 2. The van der Waals surface area contributed by atoms with Crippen LogP contribution in [0.5, 0.6) is 5.75 Å². The zero-order chi connectivity index (χ0) is 36.1.